The van der Waals surface area contributed by atoms with Gasteiger partial charge in [-0.25, -0.2) is 0 Å². The van der Waals surface area contributed by atoms with E-state index >= 15 is 0 Å². The smallest absolute Gasteiger partial charge is 0.0674 e. The fourth-order valence-corrected chi connectivity index (χ4v) is 2.41. The van der Waals surface area contributed by atoms with E-state index in [0.29, 0.717) is 12.2 Å². The Morgan fingerprint density at radius 1 is 1.06 bits per heavy atom. The Morgan fingerprint density at radius 3 is 2.47 bits per heavy atom. The number of hydrogen-bond donors (Lipinski definition) is 1. The zero-order valence-electron chi connectivity index (χ0n) is 9.49. The molecule has 0 amide bonds. The first-order valence-corrected chi connectivity index (χ1v) is 6.58. The SMILES string of the molecule is OC(CSc1ccccc1)Cc1ccncc1. The van der Waals surface area contributed by atoms with Gasteiger partial charge in [0.15, 0.2) is 0 Å². The molecule has 1 aromatic carbocycles. The number of aliphatic hydroxyl groups is 1. The van der Waals surface area contributed by atoms with Gasteiger partial charge in [0.1, 0.15) is 0 Å². The standard InChI is InChI=1S/C14H15NOS/c16-13(10-12-6-8-15-9-7-12)11-17-14-4-2-1-3-5-14/h1-9,13,16H,10-11H2. The van der Waals surface area contributed by atoms with Crippen molar-refractivity contribution in [1.82, 2.24) is 4.98 Å². The van der Waals surface area contributed by atoms with Crippen LogP contribution in [-0.2, 0) is 6.42 Å². The van der Waals surface area contributed by atoms with E-state index in [1.165, 1.54) is 4.90 Å². The summed E-state index contributed by atoms with van der Waals surface area (Å²) in [5.41, 5.74) is 1.13. The summed E-state index contributed by atoms with van der Waals surface area (Å²) in [6.07, 6.45) is 3.88. The monoisotopic (exact) mass is 245 g/mol. The molecule has 3 heteroatoms. The van der Waals surface area contributed by atoms with Crippen molar-refractivity contribution in [2.24, 2.45) is 0 Å². The lowest BCUT2D eigenvalue weighted by atomic mass is 10.1. The van der Waals surface area contributed by atoms with Gasteiger partial charge in [0, 0.05) is 23.0 Å². The minimum atomic E-state index is -0.317. The second kappa shape index (κ2) is 6.42. The minimum absolute atomic E-state index is 0.317. The fourth-order valence-electron chi connectivity index (χ4n) is 1.56. The molecule has 0 aliphatic heterocycles. The van der Waals surface area contributed by atoms with Gasteiger partial charge in [0.05, 0.1) is 6.10 Å². The van der Waals surface area contributed by atoms with Crippen molar-refractivity contribution in [3.8, 4) is 0 Å². The van der Waals surface area contributed by atoms with Crippen molar-refractivity contribution in [3.05, 3.63) is 60.4 Å². The highest BCUT2D eigenvalue weighted by Crippen LogP contribution is 2.18. The number of benzene rings is 1. The second-order valence-corrected chi connectivity index (χ2v) is 4.93. The molecule has 0 bridgehead atoms. The first-order chi connectivity index (χ1) is 8.34. The molecule has 2 rings (SSSR count). The Morgan fingerprint density at radius 2 is 1.76 bits per heavy atom. The van der Waals surface area contributed by atoms with E-state index in [4.69, 9.17) is 0 Å². The zero-order valence-corrected chi connectivity index (χ0v) is 10.3. The van der Waals surface area contributed by atoms with Crippen LogP contribution in [0.15, 0.2) is 59.8 Å². The van der Waals surface area contributed by atoms with Crippen molar-refractivity contribution >= 4 is 11.8 Å². The summed E-state index contributed by atoms with van der Waals surface area (Å²) >= 11 is 1.68. The van der Waals surface area contributed by atoms with Gasteiger partial charge in [-0.15, -0.1) is 11.8 Å². The number of aliphatic hydroxyl groups excluding tert-OH is 1. The Hall–Kier alpha value is -1.32. The van der Waals surface area contributed by atoms with Crippen molar-refractivity contribution < 1.29 is 5.11 Å². The van der Waals surface area contributed by atoms with Crippen molar-refractivity contribution in [2.75, 3.05) is 5.75 Å². The summed E-state index contributed by atoms with van der Waals surface area (Å²) in [7, 11) is 0. The molecule has 1 aromatic heterocycles. The second-order valence-electron chi connectivity index (χ2n) is 3.84. The maximum atomic E-state index is 9.92. The molecule has 0 aliphatic rings. The molecule has 1 N–H and O–H groups in total. The lowest BCUT2D eigenvalue weighted by Gasteiger charge is -2.09. The molecule has 2 aromatic rings. The largest absolute Gasteiger partial charge is 0.392 e. The molecule has 0 fully saturated rings. The summed E-state index contributed by atoms with van der Waals surface area (Å²) in [6.45, 7) is 0. The number of rotatable bonds is 5. The van der Waals surface area contributed by atoms with Gasteiger partial charge < -0.3 is 5.11 Å². The molecule has 2 nitrogen and oxygen atoms in total. The molecule has 1 heterocycles. The Kier molecular flexibility index (Phi) is 4.59. The fraction of sp³-hybridized carbons (Fsp3) is 0.214. The summed E-state index contributed by atoms with van der Waals surface area (Å²) in [6, 6.07) is 14.0. The molecule has 17 heavy (non-hydrogen) atoms. The Balaban J connectivity index is 1.80. The predicted molar refractivity (Wildman–Crippen MR) is 71.1 cm³/mol. The number of pyridine rings is 1. The molecule has 1 atom stereocenters. The third kappa shape index (κ3) is 4.21. The van der Waals surface area contributed by atoms with Crippen LogP contribution >= 0.6 is 11.8 Å². The van der Waals surface area contributed by atoms with Gasteiger partial charge in [-0.1, -0.05) is 18.2 Å². The van der Waals surface area contributed by atoms with Crippen LogP contribution in [0.25, 0.3) is 0 Å². The summed E-state index contributed by atoms with van der Waals surface area (Å²) in [5, 5.41) is 9.92. The Bertz CT molecular complexity index is 432. The maximum Gasteiger partial charge on any atom is 0.0674 e. The van der Waals surface area contributed by atoms with Gasteiger partial charge in [-0.2, -0.15) is 0 Å². The molecule has 0 saturated heterocycles. The molecule has 0 spiro atoms. The third-order valence-corrected chi connectivity index (χ3v) is 3.56. The molecule has 0 aliphatic carbocycles. The van der Waals surface area contributed by atoms with Crippen LogP contribution in [-0.4, -0.2) is 21.9 Å². The van der Waals surface area contributed by atoms with Crippen LogP contribution in [0.1, 0.15) is 5.56 Å². The van der Waals surface area contributed by atoms with Gasteiger partial charge in [0.2, 0.25) is 0 Å². The number of aromatic nitrogens is 1. The van der Waals surface area contributed by atoms with Gasteiger partial charge in [0.25, 0.3) is 0 Å². The zero-order chi connectivity index (χ0) is 11.9. The molecular formula is C14H15NOS. The first-order valence-electron chi connectivity index (χ1n) is 5.59. The molecule has 0 saturated carbocycles. The summed E-state index contributed by atoms with van der Waals surface area (Å²) < 4.78 is 0. The first kappa shape index (κ1) is 12.1. The highest BCUT2D eigenvalue weighted by molar-refractivity contribution is 7.99. The topological polar surface area (TPSA) is 33.1 Å². The average Bonchev–Trinajstić information content (AvgIpc) is 2.39. The van der Waals surface area contributed by atoms with Crippen LogP contribution in [0.5, 0.6) is 0 Å². The predicted octanol–water partition coefficient (Wildman–Crippen LogP) is 2.78. The normalized spacial score (nSPS) is 12.3. The van der Waals surface area contributed by atoms with Gasteiger partial charge in [-0.05, 0) is 36.2 Å². The van der Waals surface area contributed by atoms with Gasteiger partial charge >= 0.3 is 0 Å². The van der Waals surface area contributed by atoms with Crippen molar-refractivity contribution in [3.63, 3.8) is 0 Å². The third-order valence-electron chi connectivity index (χ3n) is 2.41. The Labute approximate surface area is 106 Å². The molecular weight excluding hydrogens is 230 g/mol. The van der Waals surface area contributed by atoms with E-state index in [9.17, 15) is 5.11 Å². The summed E-state index contributed by atoms with van der Waals surface area (Å²) in [4.78, 5) is 5.16. The molecule has 88 valence electrons. The van der Waals surface area contributed by atoms with Crippen LogP contribution in [0.2, 0.25) is 0 Å². The highest BCUT2D eigenvalue weighted by atomic mass is 32.2. The van der Waals surface area contributed by atoms with E-state index in [1.54, 1.807) is 24.2 Å². The minimum Gasteiger partial charge on any atom is -0.392 e. The van der Waals surface area contributed by atoms with Crippen LogP contribution in [0, 0.1) is 0 Å². The van der Waals surface area contributed by atoms with Crippen LogP contribution in [0.4, 0.5) is 0 Å². The number of hydrogen-bond acceptors (Lipinski definition) is 3. The number of nitrogens with zero attached hydrogens (tertiary/aromatic N) is 1. The van der Waals surface area contributed by atoms with E-state index in [1.807, 2.05) is 30.3 Å². The van der Waals surface area contributed by atoms with Gasteiger partial charge in [-0.3, -0.25) is 4.98 Å². The van der Waals surface area contributed by atoms with E-state index in [-0.39, 0.29) is 6.10 Å². The average molecular weight is 245 g/mol. The number of thioether (sulfide) groups is 1. The van der Waals surface area contributed by atoms with E-state index < -0.39 is 0 Å². The van der Waals surface area contributed by atoms with E-state index in [0.717, 1.165) is 5.56 Å². The van der Waals surface area contributed by atoms with Crippen molar-refractivity contribution in [1.29, 1.82) is 0 Å². The quantitative estimate of drug-likeness (QED) is 0.822. The van der Waals surface area contributed by atoms with Crippen LogP contribution in [0.3, 0.4) is 0 Å². The summed E-state index contributed by atoms with van der Waals surface area (Å²) in [5.74, 6) is 0.715. The molecule has 1 unspecified atom stereocenters. The lowest BCUT2D eigenvalue weighted by molar-refractivity contribution is 0.200. The molecule has 0 radical (unpaired) electrons. The van der Waals surface area contributed by atoms with Crippen molar-refractivity contribution in [2.45, 2.75) is 17.4 Å². The van der Waals surface area contributed by atoms with E-state index in [2.05, 4.69) is 17.1 Å². The highest BCUT2D eigenvalue weighted by Gasteiger charge is 2.06. The maximum absolute atomic E-state index is 9.92. The van der Waals surface area contributed by atoms with Crippen LogP contribution < -0.4 is 0 Å². The lowest BCUT2D eigenvalue weighted by Crippen LogP contribution is -2.13.